The molecule has 1 aromatic heterocycles. The molecule has 0 aliphatic carbocycles. The molecule has 186 valence electrons. The zero-order valence-electron chi connectivity index (χ0n) is 17.6. The van der Waals surface area contributed by atoms with Gasteiger partial charge in [-0.05, 0) is 19.1 Å². The fourth-order valence-electron chi connectivity index (χ4n) is 3.28. The van der Waals surface area contributed by atoms with Crippen molar-refractivity contribution in [1.29, 1.82) is 0 Å². The number of aromatic nitrogens is 2. The lowest BCUT2D eigenvalue weighted by Gasteiger charge is -2.20. The fraction of sp³-hybridized carbons (Fsp3) is 0.389. The molecule has 2 aromatic rings. The van der Waals surface area contributed by atoms with Crippen LogP contribution in [0.15, 0.2) is 24.4 Å². The van der Waals surface area contributed by atoms with Crippen molar-refractivity contribution in [1.82, 2.24) is 9.55 Å². The highest BCUT2D eigenvalue weighted by Gasteiger charge is 2.40. The van der Waals surface area contributed by atoms with Crippen LogP contribution in [0.4, 0.5) is 25.1 Å². The number of amides is 2. The number of fused-ring (bicyclic) bond motifs is 3. The Balaban J connectivity index is 0.000000588. The Morgan fingerprint density at radius 2 is 2.06 bits per heavy atom. The molecule has 0 radical (unpaired) electrons. The highest BCUT2D eigenvalue weighted by Crippen LogP contribution is 2.38. The molecule has 2 aliphatic heterocycles. The van der Waals surface area contributed by atoms with E-state index in [1.165, 1.54) is 0 Å². The van der Waals surface area contributed by atoms with Gasteiger partial charge >= 0.3 is 10.4 Å². The Bertz CT molecular complexity index is 1180. The normalized spacial score (nSPS) is 18.2. The number of nitrogens with zero attached hydrogens (tertiary/aromatic N) is 3. The SMILES string of the molecule is C[C@H](Nc1ccc2c(c1)OCCn1cc(N3C(=O)SC[C@H]3C(F)F)nc1-2)C(N)=O.O=S(=O)(O)O. The van der Waals surface area contributed by atoms with Crippen molar-refractivity contribution in [2.75, 3.05) is 22.6 Å². The van der Waals surface area contributed by atoms with Gasteiger partial charge < -0.3 is 20.4 Å². The first-order valence-corrected chi connectivity index (χ1v) is 12.1. The van der Waals surface area contributed by atoms with E-state index in [1.807, 2.05) is 0 Å². The summed E-state index contributed by atoms with van der Waals surface area (Å²) < 4.78 is 65.9. The highest BCUT2D eigenvalue weighted by atomic mass is 32.3. The van der Waals surface area contributed by atoms with Gasteiger partial charge in [-0.15, -0.1) is 0 Å². The molecule has 3 heterocycles. The number of thioether (sulfide) groups is 1. The van der Waals surface area contributed by atoms with E-state index in [0.717, 1.165) is 16.7 Å². The number of carbonyl (C=O) groups excluding carboxylic acids is 2. The molecule has 2 aliphatic rings. The summed E-state index contributed by atoms with van der Waals surface area (Å²) in [5.74, 6) is 0.821. The molecule has 1 saturated heterocycles. The summed E-state index contributed by atoms with van der Waals surface area (Å²) in [6.45, 7) is 2.44. The van der Waals surface area contributed by atoms with E-state index in [4.69, 9.17) is 28.0 Å². The van der Waals surface area contributed by atoms with Gasteiger partial charge in [0, 0.05) is 23.7 Å². The lowest BCUT2D eigenvalue weighted by Crippen LogP contribution is -2.38. The number of alkyl halides is 2. The van der Waals surface area contributed by atoms with Crippen LogP contribution in [0.5, 0.6) is 5.75 Å². The molecular weight excluding hydrogens is 500 g/mol. The van der Waals surface area contributed by atoms with Gasteiger partial charge in [-0.3, -0.25) is 23.6 Å². The number of hydrogen-bond acceptors (Lipinski definition) is 8. The average molecular weight is 522 g/mol. The molecule has 0 unspecified atom stereocenters. The summed E-state index contributed by atoms with van der Waals surface area (Å²) in [6, 6.07) is 3.51. The van der Waals surface area contributed by atoms with Gasteiger partial charge in [-0.1, -0.05) is 11.8 Å². The first-order valence-electron chi connectivity index (χ1n) is 9.69. The summed E-state index contributed by atoms with van der Waals surface area (Å²) >= 11 is 0.869. The van der Waals surface area contributed by atoms with Crippen molar-refractivity contribution < 1.29 is 40.6 Å². The summed E-state index contributed by atoms with van der Waals surface area (Å²) in [5.41, 5.74) is 6.60. The lowest BCUT2D eigenvalue weighted by molar-refractivity contribution is -0.118. The number of primary amides is 1. The first-order chi connectivity index (χ1) is 15.8. The van der Waals surface area contributed by atoms with Crippen LogP contribution in [0.1, 0.15) is 6.92 Å². The fourth-order valence-corrected chi connectivity index (χ4v) is 4.26. The van der Waals surface area contributed by atoms with Crippen LogP contribution in [-0.4, -0.2) is 69.1 Å². The van der Waals surface area contributed by atoms with Crippen LogP contribution < -0.4 is 20.7 Å². The van der Waals surface area contributed by atoms with Gasteiger partial charge in [0.15, 0.2) is 5.82 Å². The molecule has 12 nitrogen and oxygen atoms in total. The van der Waals surface area contributed by atoms with Crippen LogP contribution in [0, 0.1) is 0 Å². The van der Waals surface area contributed by atoms with E-state index in [9.17, 15) is 18.4 Å². The maximum absolute atomic E-state index is 13.3. The summed E-state index contributed by atoms with van der Waals surface area (Å²) in [5, 5.41) is 2.56. The van der Waals surface area contributed by atoms with Crippen LogP contribution >= 0.6 is 11.8 Å². The average Bonchev–Trinajstić information content (AvgIpc) is 3.26. The third-order valence-corrected chi connectivity index (χ3v) is 5.78. The van der Waals surface area contributed by atoms with Crippen LogP contribution in [0.2, 0.25) is 0 Å². The molecule has 5 N–H and O–H groups in total. The lowest BCUT2D eigenvalue weighted by atomic mass is 10.1. The third kappa shape index (κ3) is 6.13. The molecular formula is C18H21F2N5O7S2. The number of halogens is 2. The van der Waals surface area contributed by atoms with Gasteiger partial charge in [0.25, 0.3) is 11.7 Å². The summed E-state index contributed by atoms with van der Waals surface area (Å²) in [4.78, 5) is 29.0. The predicted octanol–water partition coefficient (Wildman–Crippen LogP) is 1.88. The van der Waals surface area contributed by atoms with Gasteiger partial charge in [-0.2, -0.15) is 8.42 Å². The van der Waals surface area contributed by atoms with E-state index >= 15 is 0 Å². The minimum atomic E-state index is -4.67. The third-order valence-electron chi connectivity index (χ3n) is 4.83. The zero-order valence-corrected chi connectivity index (χ0v) is 19.2. The van der Waals surface area contributed by atoms with E-state index in [1.54, 1.807) is 35.9 Å². The monoisotopic (exact) mass is 521 g/mol. The Morgan fingerprint density at radius 3 is 2.68 bits per heavy atom. The number of rotatable bonds is 5. The smallest absolute Gasteiger partial charge is 0.394 e. The highest BCUT2D eigenvalue weighted by molar-refractivity contribution is 8.14. The minimum Gasteiger partial charge on any atom is -0.491 e. The molecule has 1 fully saturated rings. The van der Waals surface area contributed by atoms with Crippen molar-refractivity contribution >= 4 is 44.8 Å². The molecule has 2 atom stereocenters. The molecule has 0 spiro atoms. The number of anilines is 2. The van der Waals surface area contributed by atoms with Crippen molar-refractivity contribution in [3.8, 4) is 17.1 Å². The minimum absolute atomic E-state index is 0.0332. The molecule has 0 bridgehead atoms. The van der Waals surface area contributed by atoms with E-state index in [2.05, 4.69) is 10.3 Å². The van der Waals surface area contributed by atoms with Crippen LogP contribution in [0.25, 0.3) is 11.4 Å². The molecule has 0 saturated carbocycles. The Labute approximate surface area is 197 Å². The molecule has 16 heteroatoms. The number of nitrogens with one attached hydrogen (secondary N) is 1. The largest absolute Gasteiger partial charge is 0.491 e. The maximum Gasteiger partial charge on any atom is 0.394 e. The van der Waals surface area contributed by atoms with Crippen molar-refractivity contribution in [2.45, 2.75) is 32.0 Å². The van der Waals surface area contributed by atoms with E-state index < -0.39 is 40.1 Å². The number of carbonyl (C=O) groups is 2. The Morgan fingerprint density at radius 1 is 1.38 bits per heavy atom. The molecule has 1 aromatic carbocycles. The second-order valence-electron chi connectivity index (χ2n) is 7.24. The van der Waals surface area contributed by atoms with Crippen molar-refractivity contribution in [2.24, 2.45) is 5.73 Å². The first kappa shape index (κ1) is 25.7. The molecule has 2 amide bonds. The number of nitrogens with two attached hydrogens (primary N) is 1. The summed E-state index contributed by atoms with van der Waals surface area (Å²) in [7, 11) is -4.67. The molecule has 34 heavy (non-hydrogen) atoms. The predicted molar refractivity (Wildman–Crippen MR) is 120 cm³/mol. The van der Waals surface area contributed by atoms with Crippen molar-refractivity contribution in [3.05, 3.63) is 24.4 Å². The van der Waals surface area contributed by atoms with Gasteiger partial charge in [0.2, 0.25) is 5.91 Å². The maximum atomic E-state index is 13.3. The number of ether oxygens (including phenoxy) is 1. The van der Waals surface area contributed by atoms with Gasteiger partial charge in [-0.25, -0.2) is 13.8 Å². The Kier molecular flexibility index (Phi) is 7.64. The standard InChI is InChI=1S/C18H19F2N5O3S.H2O4S/c1-9(16(21)26)22-10-2-3-11-13(6-10)28-5-4-24-7-14(23-17(11)24)25-12(15(19)20)8-29-18(25)27;1-5(2,3)4/h2-3,6-7,9,12,15,22H,4-5,8H2,1H3,(H2,21,26);(H2,1,2,3,4)/t9-,12-;/m0./s1. The number of imidazole rings is 1. The van der Waals surface area contributed by atoms with Crippen LogP contribution in [0.3, 0.4) is 0 Å². The van der Waals surface area contributed by atoms with E-state index in [-0.39, 0.29) is 11.6 Å². The van der Waals surface area contributed by atoms with Crippen LogP contribution in [-0.2, 0) is 21.7 Å². The summed E-state index contributed by atoms with van der Waals surface area (Å²) in [6.07, 6.45) is -1.04. The quantitative estimate of drug-likeness (QED) is 0.425. The second kappa shape index (κ2) is 10.1. The second-order valence-corrected chi connectivity index (χ2v) is 9.11. The Hall–Kier alpha value is -2.95. The van der Waals surface area contributed by atoms with E-state index in [0.29, 0.717) is 36.0 Å². The number of benzene rings is 1. The van der Waals surface area contributed by atoms with Gasteiger partial charge in [0.1, 0.15) is 30.3 Å². The molecule has 4 rings (SSSR count). The zero-order chi connectivity index (χ0) is 25.2. The topological polar surface area (TPSA) is 177 Å². The van der Waals surface area contributed by atoms with Gasteiger partial charge in [0.05, 0.1) is 12.1 Å². The number of hydrogen-bond donors (Lipinski definition) is 4. The van der Waals surface area contributed by atoms with Crippen molar-refractivity contribution in [3.63, 3.8) is 0 Å².